The topological polar surface area (TPSA) is 160 Å². The number of phenols is 2. The number of rotatable bonds is 7. The van der Waals surface area contributed by atoms with Crippen molar-refractivity contribution in [1.29, 1.82) is 0 Å². The van der Waals surface area contributed by atoms with E-state index in [4.69, 9.17) is 14.2 Å². The lowest BCUT2D eigenvalue weighted by Gasteiger charge is -2.21. The normalized spacial score (nSPS) is 13.2. The molecule has 1 aliphatic rings. The molecule has 1 unspecified atom stereocenters. The van der Waals surface area contributed by atoms with Gasteiger partial charge in [0.15, 0.2) is 23.0 Å². The van der Waals surface area contributed by atoms with E-state index >= 15 is 0 Å². The van der Waals surface area contributed by atoms with Crippen molar-refractivity contribution >= 4 is 16.9 Å². The molecule has 4 aromatic rings. The predicted octanol–water partition coefficient (Wildman–Crippen LogP) is 2.82. The molecule has 0 saturated heterocycles. The Morgan fingerprint density at radius 2 is 1.73 bits per heavy atom. The largest absolute Gasteiger partial charge is 0.507 e. The van der Waals surface area contributed by atoms with Gasteiger partial charge in [0.05, 0.1) is 24.6 Å². The average Bonchev–Trinajstić information content (AvgIpc) is 2.92. The molecule has 1 aliphatic heterocycles. The van der Waals surface area contributed by atoms with Crippen LogP contribution in [0, 0.1) is 6.92 Å². The van der Waals surface area contributed by atoms with Crippen LogP contribution < -0.4 is 20.6 Å². The minimum atomic E-state index is -1.12. The fourth-order valence-corrected chi connectivity index (χ4v) is 4.98. The zero-order chi connectivity index (χ0) is 28.6. The lowest BCUT2D eigenvalue weighted by atomic mass is 9.88. The highest BCUT2D eigenvalue weighted by Crippen LogP contribution is 2.36. The number of benzene rings is 2. The fourth-order valence-electron chi connectivity index (χ4n) is 4.98. The quantitative estimate of drug-likeness (QED) is 0.201. The van der Waals surface area contributed by atoms with Crippen LogP contribution >= 0.6 is 0 Å². The first-order valence-electron chi connectivity index (χ1n) is 12.6. The highest BCUT2D eigenvalue weighted by Gasteiger charge is 2.29. The van der Waals surface area contributed by atoms with Crippen molar-refractivity contribution in [3.63, 3.8) is 0 Å². The van der Waals surface area contributed by atoms with E-state index in [-0.39, 0.29) is 41.3 Å². The average molecular weight is 549 g/mol. The molecule has 2 aromatic heterocycles. The van der Waals surface area contributed by atoms with Crippen molar-refractivity contribution in [2.45, 2.75) is 32.2 Å². The summed E-state index contributed by atoms with van der Waals surface area (Å²) in [6, 6.07) is 10.7. The number of hydrogen-bond donors (Lipinski definition) is 4. The van der Waals surface area contributed by atoms with Gasteiger partial charge in [-0.05, 0) is 49.2 Å². The number of esters is 1. The Kier molecular flexibility index (Phi) is 7.12. The molecule has 11 nitrogen and oxygen atoms in total. The number of pyridine rings is 2. The fraction of sp³-hybridized carbons (Fsp3) is 0.276. The highest BCUT2D eigenvalue weighted by molar-refractivity contribution is 5.83. The van der Waals surface area contributed by atoms with E-state index in [0.717, 1.165) is 0 Å². The summed E-state index contributed by atoms with van der Waals surface area (Å²) in [7, 11) is 1.20. The Morgan fingerprint density at radius 3 is 2.42 bits per heavy atom. The van der Waals surface area contributed by atoms with Gasteiger partial charge in [0, 0.05) is 35.2 Å². The smallest absolute Gasteiger partial charge is 0.306 e. The van der Waals surface area contributed by atoms with Crippen LogP contribution in [0.25, 0.3) is 10.9 Å². The summed E-state index contributed by atoms with van der Waals surface area (Å²) in [6.07, 6.45) is -0.0441. The van der Waals surface area contributed by atoms with Crippen molar-refractivity contribution in [3.05, 3.63) is 85.6 Å². The van der Waals surface area contributed by atoms with E-state index in [1.807, 2.05) is 0 Å². The van der Waals surface area contributed by atoms with Crippen molar-refractivity contribution in [1.82, 2.24) is 9.55 Å². The maximum atomic E-state index is 13.8. The van der Waals surface area contributed by atoms with Crippen molar-refractivity contribution in [2.75, 3.05) is 20.3 Å². The third-order valence-corrected chi connectivity index (χ3v) is 7.04. The number of phenolic OH excluding ortho intramolecular Hbond substituents is 2. The van der Waals surface area contributed by atoms with Crippen LogP contribution in [0.2, 0.25) is 0 Å². The maximum absolute atomic E-state index is 13.8. The number of hydrogen-bond acceptors (Lipinski definition) is 9. The molecule has 40 heavy (non-hydrogen) atoms. The first-order valence-corrected chi connectivity index (χ1v) is 12.6. The van der Waals surface area contributed by atoms with Gasteiger partial charge in [-0.1, -0.05) is 6.07 Å². The van der Waals surface area contributed by atoms with Crippen molar-refractivity contribution in [3.8, 4) is 28.7 Å². The van der Waals surface area contributed by atoms with Crippen LogP contribution in [0.5, 0.6) is 28.7 Å². The van der Waals surface area contributed by atoms with E-state index in [1.165, 1.54) is 29.9 Å². The number of ether oxygens (including phenoxy) is 3. The molecule has 0 amide bonds. The Bertz CT molecular complexity index is 1740. The molecule has 0 aliphatic carbocycles. The monoisotopic (exact) mass is 548 g/mol. The Morgan fingerprint density at radius 1 is 1.00 bits per heavy atom. The number of aromatic hydroxyl groups is 3. The zero-order valence-corrected chi connectivity index (χ0v) is 21.9. The molecule has 0 radical (unpaired) electrons. The second-order valence-corrected chi connectivity index (χ2v) is 9.58. The minimum absolute atomic E-state index is 0.0980. The van der Waals surface area contributed by atoms with E-state index in [1.54, 1.807) is 31.2 Å². The van der Waals surface area contributed by atoms with Gasteiger partial charge in [0.25, 0.3) is 11.1 Å². The Labute approximate surface area is 227 Å². The molecule has 2 aromatic carbocycles. The Balaban J connectivity index is 1.61. The molecular weight excluding hydrogens is 520 g/mol. The van der Waals surface area contributed by atoms with Gasteiger partial charge < -0.3 is 39.1 Å². The number of fused-ring (bicyclic) bond motifs is 2. The molecule has 5 rings (SSSR count). The number of carbonyl (C=O) groups excluding carboxylic acids is 1. The van der Waals surface area contributed by atoms with Gasteiger partial charge in [-0.25, -0.2) is 0 Å². The van der Waals surface area contributed by atoms with Crippen LogP contribution in [0.4, 0.5) is 0 Å². The van der Waals surface area contributed by atoms with E-state index < -0.39 is 23.0 Å². The number of nitrogens with one attached hydrogen (secondary N) is 1. The SMILES string of the molecule is COC(=O)CC(c1cc2cc3c(cc2[nH]c1=O)OCCO3)c1c(O)cc(C)n(CCc2ccc(O)c(O)c2)c1=O. The number of aromatic amines is 1. The van der Waals surface area contributed by atoms with Gasteiger partial charge in [-0.15, -0.1) is 0 Å². The number of methoxy groups -OCH3 is 1. The molecule has 0 fully saturated rings. The summed E-state index contributed by atoms with van der Waals surface area (Å²) in [6.45, 7) is 2.59. The summed E-state index contributed by atoms with van der Waals surface area (Å²) in [4.78, 5) is 42.4. The molecule has 208 valence electrons. The van der Waals surface area contributed by atoms with Gasteiger partial charge in [-0.2, -0.15) is 0 Å². The summed E-state index contributed by atoms with van der Waals surface area (Å²) < 4.78 is 17.5. The molecular formula is C29H28N2O9. The highest BCUT2D eigenvalue weighted by atomic mass is 16.6. The molecule has 0 spiro atoms. The van der Waals surface area contributed by atoms with Crippen LogP contribution in [-0.2, 0) is 22.5 Å². The first-order chi connectivity index (χ1) is 19.2. The van der Waals surface area contributed by atoms with E-state index in [2.05, 4.69) is 4.98 Å². The summed E-state index contributed by atoms with van der Waals surface area (Å²) >= 11 is 0. The lowest BCUT2D eigenvalue weighted by Crippen LogP contribution is -2.31. The van der Waals surface area contributed by atoms with Crippen molar-refractivity contribution in [2.24, 2.45) is 0 Å². The van der Waals surface area contributed by atoms with Crippen molar-refractivity contribution < 1.29 is 34.3 Å². The van der Waals surface area contributed by atoms with Gasteiger partial charge >= 0.3 is 5.97 Å². The molecule has 11 heteroatoms. The van der Waals surface area contributed by atoms with Gasteiger partial charge in [0.2, 0.25) is 0 Å². The Hall–Kier alpha value is -4.93. The second-order valence-electron chi connectivity index (χ2n) is 9.58. The van der Waals surface area contributed by atoms with Gasteiger partial charge in [0.1, 0.15) is 19.0 Å². The lowest BCUT2D eigenvalue weighted by molar-refractivity contribution is -0.140. The van der Waals surface area contributed by atoms with Gasteiger partial charge in [-0.3, -0.25) is 14.4 Å². The van der Waals surface area contributed by atoms with Crippen LogP contribution in [0.15, 0.2) is 52.1 Å². The second kappa shape index (κ2) is 10.7. The predicted molar refractivity (Wildman–Crippen MR) is 145 cm³/mol. The number of H-pyrrole nitrogens is 1. The van der Waals surface area contributed by atoms with E-state index in [0.29, 0.717) is 53.3 Å². The number of aryl methyl sites for hydroxylation is 2. The van der Waals surface area contributed by atoms with Crippen LogP contribution in [0.1, 0.15) is 34.7 Å². The summed E-state index contributed by atoms with van der Waals surface area (Å²) in [5.74, 6) is -1.68. The summed E-state index contributed by atoms with van der Waals surface area (Å²) in [5.41, 5.74) is 0.482. The molecule has 0 saturated carbocycles. The van der Waals surface area contributed by atoms with Crippen LogP contribution in [0.3, 0.4) is 0 Å². The first kappa shape index (κ1) is 26.7. The molecule has 4 N–H and O–H groups in total. The number of carbonyl (C=O) groups is 1. The maximum Gasteiger partial charge on any atom is 0.306 e. The van der Waals surface area contributed by atoms with Crippen LogP contribution in [-0.4, -0.2) is 51.2 Å². The molecule has 0 bridgehead atoms. The zero-order valence-electron chi connectivity index (χ0n) is 21.9. The number of aromatic nitrogens is 2. The van der Waals surface area contributed by atoms with E-state index in [9.17, 15) is 29.7 Å². The third-order valence-electron chi connectivity index (χ3n) is 7.04. The molecule has 1 atom stereocenters. The minimum Gasteiger partial charge on any atom is -0.507 e. The third kappa shape index (κ3) is 5.05. The molecule has 3 heterocycles. The number of nitrogens with zero attached hydrogens (tertiary/aromatic N) is 1. The summed E-state index contributed by atoms with van der Waals surface area (Å²) in [5, 5.41) is 30.9. The standard InChI is InChI=1S/C29H28N2O9/c1-15-9-23(34)27(29(37)31(15)6-5-16-3-4-21(32)22(33)10-16)18(13-26(35)38-2)19-11-17-12-24-25(40-8-7-39-24)14-20(17)30-28(19)36/h3-4,9-12,14,18,32-34H,5-8,13H2,1-2H3,(H,30,36).